The molecule has 0 saturated heterocycles. The molecule has 1 unspecified atom stereocenters. The van der Waals surface area contributed by atoms with Gasteiger partial charge in [-0.05, 0) is 67.3 Å². The van der Waals surface area contributed by atoms with Gasteiger partial charge in [-0.2, -0.15) is 0 Å². The van der Waals surface area contributed by atoms with E-state index in [0.29, 0.717) is 25.1 Å². The highest BCUT2D eigenvalue weighted by molar-refractivity contribution is 6.15. The first kappa shape index (κ1) is 19.6. The van der Waals surface area contributed by atoms with Crippen LogP contribution in [-0.4, -0.2) is 21.5 Å². The molecule has 1 aromatic heterocycles. The summed E-state index contributed by atoms with van der Waals surface area (Å²) in [6, 6.07) is 13.2. The second-order valence-electron chi connectivity index (χ2n) is 8.53. The van der Waals surface area contributed by atoms with Gasteiger partial charge in [0.2, 0.25) is 5.91 Å². The van der Waals surface area contributed by atoms with E-state index in [2.05, 4.69) is 17.1 Å². The zero-order valence-corrected chi connectivity index (χ0v) is 17.9. The lowest BCUT2D eigenvalue weighted by atomic mass is 9.90. The summed E-state index contributed by atoms with van der Waals surface area (Å²) in [7, 11) is 0. The van der Waals surface area contributed by atoms with E-state index in [1.807, 2.05) is 45.2 Å². The van der Waals surface area contributed by atoms with Crippen LogP contribution >= 0.6 is 0 Å². The Balaban J connectivity index is 1.49. The van der Waals surface area contributed by atoms with Gasteiger partial charge in [-0.15, -0.1) is 0 Å². The van der Waals surface area contributed by atoms with Gasteiger partial charge in [0, 0.05) is 35.1 Å². The number of aryl methyl sites for hydroxylation is 2. The van der Waals surface area contributed by atoms with Gasteiger partial charge in [0.15, 0.2) is 0 Å². The highest BCUT2D eigenvalue weighted by atomic mass is 19.1. The third kappa shape index (κ3) is 3.44. The molecule has 0 saturated carbocycles. The summed E-state index contributed by atoms with van der Waals surface area (Å²) in [4.78, 5) is 23.8. The molecule has 0 fully saturated rings. The molecule has 1 amide bonds. The maximum Gasteiger partial charge on any atom is 0.227 e. The molecular formula is C26H24FN3O. The van der Waals surface area contributed by atoms with Crippen LogP contribution in [0.4, 0.5) is 4.39 Å². The second-order valence-corrected chi connectivity index (χ2v) is 8.53. The average Bonchev–Trinajstić information content (AvgIpc) is 3.14. The Morgan fingerprint density at radius 3 is 2.65 bits per heavy atom. The fourth-order valence-corrected chi connectivity index (χ4v) is 4.62. The van der Waals surface area contributed by atoms with Crippen LogP contribution in [0, 0.1) is 19.7 Å². The number of fused-ring (bicyclic) bond motifs is 2. The number of aromatic nitrogens is 1. The highest BCUT2D eigenvalue weighted by Crippen LogP contribution is 2.33. The second kappa shape index (κ2) is 7.41. The fraction of sp³-hybridized carbons (Fsp3) is 0.269. The van der Waals surface area contributed by atoms with E-state index < -0.39 is 0 Å². The monoisotopic (exact) mass is 413 g/mol. The number of amides is 1. The number of hydrogen-bond donors (Lipinski definition) is 0. The Morgan fingerprint density at radius 2 is 1.87 bits per heavy atom. The maximum absolute atomic E-state index is 14.6. The molecule has 31 heavy (non-hydrogen) atoms. The van der Waals surface area contributed by atoms with Gasteiger partial charge in [-0.3, -0.25) is 14.8 Å². The minimum atomic E-state index is -0.328. The van der Waals surface area contributed by atoms with Crippen LogP contribution in [-0.2, 0) is 24.3 Å². The molecule has 5 rings (SSSR count). The van der Waals surface area contributed by atoms with E-state index in [-0.39, 0.29) is 17.8 Å². The zero-order chi connectivity index (χ0) is 21.7. The van der Waals surface area contributed by atoms with Crippen molar-refractivity contribution in [3.63, 3.8) is 0 Å². The Kier molecular flexibility index (Phi) is 4.69. The molecule has 1 atom stereocenters. The number of pyridine rings is 1. The van der Waals surface area contributed by atoms with Crippen molar-refractivity contribution in [2.45, 2.75) is 46.3 Å². The topological polar surface area (TPSA) is 45.6 Å². The van der Waals surface area contributed by atoms with Crippen molar-refractivity contribution in [1.82, 2.24) is 9.88 Å². The number of benzene rings is 2. The first-order valence-electron chi connectivity index (χ1n) is 10.6. The summed E-state index contributed by atoms with van der Waals surface area (Å²) in [5.74, 6) is -0.230. The van der Waals surface area contributed by atoms with Gasteiger partial charge in [0.25, 0.3) is 0 Å². The highest BCUT2D eigenvalue weighted by Gasteiger charge is 2.31. The summed E-state index contributed by atoms with van der Waals surface area (Å²) < 4.78 is 14.6. The molecule has 5 heteroatoms. The van der Waals surface area contributed by atoms with Gasteiger partial charge in [-0.1, -0.05) is 18.2 Å². The predicted octanol–water partition coefficient (Wildman–Crippen LogP) is 4.83. The molecule has 0 bridgehead atoms. The van der Waals surface area contributed by atoms with E-state index in [4.69, 9.17) is 4.99 Å². The summed E-state index contributed by atoms with van der Waals surface area (Å²) >= 11 is 0. The third-order valence-electron chi connectivity index (χ3n) is 6.33. The fourth-order valence-electron chi connectivity index (χ4n) is 4.62. The Labute approximate surface area is 181 Å². The maximum atomic E-state index is 14.6. The SMILES string of the molecule is Cc1ccc(C(C)N2Cc3cc4c(cc3CC2=O)CN=C4c2ccnc(C)c2)c(F)c1. The Hall–Kier alpha value is -3.34. The summed E-state index contributed by atoms with van der Waals surface area (Å²) in [5, 5.41) is 0. The van der Waals surface area contributed by atoms with Crippen molar-refractivity contribution in [2.75, 3.05) is 0 Å². The minimum Gasteiger partial charge on any atom is -0.331 e. The molecule has 0 N–H and O–H groups in total. The van der Waals surface area contributed by atoms with Crippen molar-refractivity contribution in [3.05, 3.63) is 99.1 Å². The number of carbonyl (C=O) groups is 1. The van der Waals surface area contributed by atoms with Crippen molar-refractivity contribution >= 4 is 11.6 Å². The minimum absolute atomic E-state index is 0.0313. The lowest BCUT2D eigenvalue weighted by molar-refractivity contribution is -0.134. The number of nitrogens with zero attached hydrogens (tertiary/aromatic N) is 3. The van der Waals surface area contributed by atoms with Gasteiger partial charge in [0.1, 0.15) is 5.82 Å². The molecule has 156 valence electrons. The number of aliphatic imine (C=N–C) groups is 1. The zero-order valence-electron chi connectivity index (χ0n) is 17.9. The van der Waals surface area contributed by atoms with E-state index in [1.54, 1.807) is 11.0 Å². The lowest BCUT2D eigenvalue weighted by Crippen LogP contribution is -2.38. The van der Waals surface area contributed by atoms with E-state index in [9.17, 15) is 9.18 Å². The predicted molar refractivity (Wildman–Crippen MR) is 119 cm³/mol. The average molecular weight is 413 g/mol. The van der Waals surface area contributed by atoms with Crippen molar-refractivity contribution in [3.8, 4) is 0 Å². The largest absolute Gasteiger partial charge is 0.331 e. The van der Waals surface area contributed by atoms with Crippen molar-refractivity contribution in [1.29, 1.82) is 0 Å². The van der Waals surface area contributed by atoms with Crippen LogP contribution < -0.4 is 0 Å². The van der Waals surface area contributed by atoms with Crippen molar-refractivity contribution < 1.29 is 9.18 Å². The molecule has 2 aliphatic rings. The molecule has 3 heterocycles. The van der Waals surface area contributed by atoms with E-state index in [0.717, 1.165) is 44.8 Å². The molecule has 0 aliphatic carbocycles. The number of halogens is 1. The molecule has 3 aromatic rings. The van der Waals surface area contributed by atoms with Crippen LogP contribution in [0.2, 0.25) is 0 Å². The summed E-state index contributed by atoms with van der Waals surface area (Å²) in [6.07, 6.45) is 2.14. The van der Waals surface area contributed by atoms with E-state index in [1.165, 1.54) is 6.07 Å². The van der Waals surface area contributed by atoms with Gasteiger partial charge in [-0.25, -0.2) is 4.39 Å². The van der Waals surface area contributed by atoms with Crippen LogP contribution in [0.3, 0.4) is 0 Å². The molecule has 2 aliphatic heterocycles. The van der Waals surface area contributed by atoms with Gasteiger partial charge < -0.3 is 4.90 Å². The van der Waals surface area contributed by atoms with Crippen molar-refractivity contribution in [2.24, 2.45) is 4.99 Å². The molecule has 4 nitrogen and oxygen atoms in total. The lowest BCUT2D eigenvalue weighted by Gasteiger charge is -2.34. The first-order chi connectivity index (χ1) is 14.9. The molecule has 0 spiro atoms. The van der Waals surface area contributed by atoms with Gasteiger partial charge >= 0.3 is 0 Å². The smallest absolute Gasteiger partial charge is 0.227 e. The van der Waals surface area contributed by atoms with Gasteiger partial charge in [0.05, 0.1) is 24.7 Å². The van der Waals surface area contributed by atoms with Crippen LogP contribution in [0.5, 0.6) is 0 Å². The Morgan fingerprint density at radius 1 is 1.03 bits per heavy atom. The first-order valence-corrected chi connectivity index (χ1v) is 10.6. The molecule has 0 radical (unpaired) electrons. The number of rotatable bonds is 3. The summed E-state index contributed by atoms with van der Waals surface area (Å²) in [5.41, 5.74) is 8.86. The third-order valence-corrected chi connectivity index (χ3v) is 6.33. The number of hydrogen-bond acceptors (Lipinski definition) is 3. The van der Waals surface area contributed by atoms with Crippen LogP contribution in [0.1, 0.15) is 57.6 Å². The Bertz CT molecular complexity index is 1250. The normalized spacial score (nSPS) is 16.1. The molecular weight excluding hydrogens is 389 g/mol. The standard InChI is InChI=1S/C26H24FN3O/c1-15-4-5-22(24(27)8-15)17(3)30-14-21-11-23-20(10-19(21)12-25(30)31)13-29-26(23)18-6-7-28-16(2)9-18/h4-11,17H,12-14H2,1-3H3. The quantitative estimate of drug-likeness (QED) is 0.617. The number of carbonyl (C=O) groups excluding carboxylic acids is 1. The molecule has 2 aromatic carbocycles. The van der Waals surface area contributed by atoms with Crippen LogP contribution in [0.15, 0.2) is 53.7 Å². The summed E-state index contributed by atoms with van der Waals surface area (Å²) in [6.45, 7) is 6.84. The van der Waals surface area contributed by atoms with E-state index >= 15 is 0 Å². The van der Waals surface area contributed by atoms with Crippen LogP contribution in [0.25, 0.3) is 0 Å².